The molecule has 0 saturated carbocycles. The zero-order valence-electron chi connectivity index (χ0n) is 19.0. The predicted molar refractivity (Wildman–Crippen MR) is 128 cm³/mol. The number of nitrogens with zero attached hydrogens (tertiary/aromatic N) is 1. The van der Waals surface area contributed by atoms with Crippen molar-refractivity contribution in [3.8, 4) is 16.9 Å². The molecule has 0 aliphatic heterocycles. The molecule has 9 heteroatoms. The number of aryl methyl sites for hydroxylation is 1. The lowest BCUT2D eigenvalue weighted by molar-refractivity contribution is 0.0950. The zero-order valence-corrected chi connectivity index (χ0v) is 19.0. The Balaban J connectivity index is 1.40. The maximum absolute atomic E-state index is 12.3. The number of H-pyrrole nitrogens is 1. The molecule has 3 aromatic carbocycles. The van der Waals surface area contributed by atoms with E-state index in [-0.39, 0.29) is 19.0 Å². The quantitative estimate of drug-likeness (QED) is 0.384. The highest BCUT2D eigenvalue weighted by atomic mass is 19.1. The first-order valence-electron chi connectivity index (χ1n) is 11.0. The topological polar surface area (TPSA) is 106 Å². The summed E-state index contributed by atoms with van der Waals surface area (Å²) in [5, 5.41) is 2.53. The molecule has 4 rings (SSSR count). The number of aromatic nitrogens is 2. The molecule has 0 bridgehead atoms. The van der Waals surface area contributed by atoms with Gasteiger partial charge in [-0.05, 0) is 65.1 Å². The summed E-state index contributed by atoms with van der Waals surface area (Å²) >= 11 is 0. The van der Waals surface area contributed by atoms with Crippen LogP contribution in [0.25, 0.3) is 11.1 Å². The number of nitrogens with one attached hydrogen (secondary N) is 2. The third-order valence-corrected chi connectivity index (χ3v) is 5.39. The molecule has 0 aliphatic carbocycles. The van der Waals surface area contributed by atoms with Crippen molar-refractivity contribution >= 4 is 5.91 Å². The summed E-state index contributed by atoms with van der Waals surface area (Å²) < 4.78 is 23.9. The number of aromatic amines is 1. The van der Waals surface area contributed by atoms with Crippen LogP contribution in [0.1, 0.15) is 27.0 Å². The molecule has 1 heterocycles. The van der Waals surface area contributed by atoms with Gasteiger partial charge in [0.1, 0.15) is 19.0 Å². The van der Waals surface area contributed by atoms with Crippen LogP contribution >= 0.6 is 0 Å². The monoisotopic (exact) mass is 477 g/mol. The molecule has 2 N–H and O–H groups in total. The summed E-state index contributed by atoms with van der Waals surface area (Å²) in [6.07, 6.45) is 0. The van der Waals surface area contributed by atoms with Crippen LogP contribution in [0.4, 0.5) is 4.39 Å². The Morgan fingerprint density at radius 3 is 2.54 bits per heavy atom. The minimum absolute atomic E-state index is 0.00454. The minimum Gasteiger partial charge on any atom is -0.489 e. The lowest BCUT2D eigenvalue weighted by Crippen LogP contribution is -2.25. The summed E-state index contributed by atoms with van der Waals surface area (Å²) in [5.74, 6) is -0.431. The van der Waals surface area contributed by atoms with Crippen molar-refractivity contribution in [2.24, 2.45) is 0 Å². The van der Waals surface area contributed by atoms with Gasteiger partial charge in [-0.3, -0.25) is 4.79 Å². The fourth-order valence-corrected chi connectivity index (χ4v) is 3.66. The van der Waals surface area contributed by atoms with Crippen LogP contribution in [0.15, 0.2) is 80.8 Å². The first-order chi connectivity index (χ1) is 16.9. The van der Waals surface area contributed by atoms with Crippen molar-refractivity contribution in [2.45, 2.75) is 20.1 Å². The first-order valence-corrected chi connectivity index (χ1v) is 11.0. The second-order valence-corrected chi connectivity index (χ2v) is 7.95. The van der Waals surface area contributed by atoms with Crippen LogP contribution in [-0.4, -0.2) is 28.9 Å². The zero-order chi connectivity index (χ0) is 24.8. The lowest BCUT2D eigenvalue weighted by atomic mass is 9.97. The molecule has 1 amide bonds. The van der Waals surface area contributed by atoms with Crippen molar-refractivity contribution in [1.82, 2.24) is 15.0 Å². The third kappa shape index (κ3) is 5.94. The van der Waals surface area contributed by atoms with Crippen molar-refractivity contribution in [3.05, 3.63) is 110 Å². The fourth-order valence-electron chi connectivity index (χ4n) is 3.66. The highest BCUT2D eigenvalue weighted by molar-refractivity contribution is 5.95. The third-order valence-electron chi connectivity index (χ3n) is 5.39. The number of ether oxygens (including phenoxy) is 1. The standard InChI is InChI=1S/C26H24FN3O5/c1-17-13-21(24(31)28-12-11-27)7-10-23(17)20-4-2-3-19(14-20)16-34-22-8-5-18(6-9-22)15-30-25(32)29-26(33)35-30/h2-10,13-14H,11-12,15-16H2,1H3,(H,28,31)(H,29,32,33). The number of hydrogen-bond acceptors (Lipinski definition) is 5. The number of carbonyl (C=O) groups excluding carboxylic acids is 1. The Morgan fingerprint density at radius 2 is 1.86 bits per heavy atom. The van der Waals surface area contributed by atoms with Gasteiger partial charge in [0.15, 0.2) is 0 Å². The average Bonchev–Trinajstić information content (AvgIpc) is 3.18. The molecule has 0 atom stereocenters. The molecular weight excluding hydrogens is 453 g/mol. The van der Waals surface area contributed by atoms with E-state index in [1.165, 1.54) is 0 Å². The van der Waals surface area contributed by atoms with E-state index in [1.54, 1.807) is 36.4 Å². The summed E-state index contributed by atoms with van der Waals surface area (Å²) in [4.78, 5) is 36.8. The van der Waals surface area contributed by atoms with Crippen molar-refractivity contribution < 1.29 is 18.4 Å². The van der Waals surface area contributed by atoms with E-state index in [2.05, 4.69) is 5.32 Å². The second kappa shape index (κ2) is 10.7. The normalized spacial score (nSPS) is 10.8. The summed E-state index contributed by atoms with van der Waals surface area (Å²) in [7, 11) is 0. The summed E-state index contributed by atoms with van der Waals surface area (Å²) in [5.41, 5.74) is 4.56. The average molecular weight is 477 g/mol. The lowest BCUT2D eigenvalue weighted by Gasteiger charge is -2.11. The van der Waals surface area contributed by atoms with Crippen LogP contribution in [0.2, 0.25) is 0 Å². The predicted octanol–water partition coefficient (Wildman–Crippen LogP) is 3.43. The Hall–Kier alpha value is -4.40. The Bertz CT molecular complexity index is 1440. The van der Waals surface area contributed by atoms with Gasteiger partial charge in [0.25, 0.3) is 5.91 Å². The van der Waals surface area contributed by atoms with E-state index in [9.17, 15) is 18.8 Å². The van der Waals surface area contributed by atoms with Crippen LogP contribution < -0.4 is 21.5 Å². The molecule has 0 aliphatic rings. The van der Waals surface area contributed by atoms with Crippen molar-refractivity contribution in [1.29, 1.82) is 0 Å². The molecule has 0 fully saturated rings. The number of carbonyl (C=O) groups is 1. The Labute approximate surface area is 200 Å². The van der Waals surface area contributed by atoms with E-state index >= 15 is 0 Å². The number of benzene rings is 3. The van der Waals surface area contributed by atoms with Crippen LogP contribution in [-0.2, 0) is 13.2 Å². The van der Waals surface area contributed by atoms with Crippen LogP contribution in [0.5, 0.6) is 5.75 Å². The number of halogens is 1. The molecule has 1 aromatic heterocycles. The number of rotatable bonds is 9. The second-order valence-electron chi connectivity index (χ2n) is 7.95. The van der Waals surface area contributed by atoms with Gasteiger partial charge in [0.05, 0.1) is 6.54 Å². The molecule has 0 spiro atoms. The molecule has 8 nitrogen and oxygen atoms in total. The summed E-state index contributed by atoms with van der Waals surface area (Å²) in [6, 6.07) is 20.5. The van der Waals surface area contributed by atoms with Gasteiger partial charge < -0.3 is 14.6 Å². The number of amides is 1. The SMILES string of the molecule is Cc1cc(C(=O)NCCF)ccc1-c1cccc(COc2ccc(Cn3oc(=O)[nH]c3=O)cc2)c1. The first kappa shape index (κ1) is 23.7. The van der Waals surface area contributed by atoms with Gasteiger partial charge in [-0.1, -0.05) is 36.4 Å². The molecule has 180 valence electrons. The molecular formula is C26H24FN3O5. The van der Waals surface area contributed by atoms with Gasteiger partial charge in [0.2, 0.25) is 0 Å². The Kier molecular flexibility index (Phi) is 7.25. The highest BCUT2D eigenvalue weighted by Crippen LogP contribution is 2.26. The van der Waals surface area contributed by atoms with E-state index in [0.29, 0.717) is 17.9 Å². The van der Waals surface area contributed by atoms with E-state index in [0.717, 1.165) is 32.6 Å². The fraction of sp³-hybridized carbons (Fsp3) is 0.192. The number of alkyl halides is 1. The molecule has 0 radical (unpaired) electrons. The van der Waals surface area contributed by atoms with Crippen molar-refractivity contribution in [2.75, 3.05) is 13.2 Å². The maximum atomic E-state index is 12.3. The molecule has 35 heavy (non-hydrogen) atoms. The smallest absolute Gasteiger partial charge is 0.440 e. The van der Waals surface area contributed by atoms with Crippen LogP contribution in [0.3, 0.4) is 0 Å². The van der Waals surface area contributed by atoms with Gasteiger partial charge in [0, 0.05) is 12.1 Å². The molecule has 0 unspecified atom stereocenters. The minimum atomic E-state index is -0.789. The molecule has 0 saturated heterocycles. The Morgan fingerprint density at radius 1 is 1.06 bits per heavy atom. The van der Waals surface area contributed by atoms with Gasteiger partial charge in [-0.15, -0.1) is 4.74 Å². The molecule has 4 aromatic rings. The number of hydrogen-bond donors (Lipinski definition) is 2. The van der Waals surface area contributed by atoms with Gasteiger partial charge in [-0.2, -0.15) is 0 Å². The van der Waals surface area contributed by atoms with E-state index < -0.39 is 18.1 Å². The van der Waals surface area contributed by atoms with Crippen LogP contribution in [0, 0.1) is 6.92 Å². The highest BCUT2D eigenvalue weighted by Gasteiger charge is 2.10. The summed E-state index contributed by atoms with van der Waals surface area (Å²) in [6.45, 7) is 1.81. The van der Waals surface area contributed by atoms with Crippen molar-refractivity contribution in [3.63, 3.8) is 0 Å². The van der Waals surface area contributed by atoms with Gasteiger partial charge >= 0.3 is 11.4 Å². The van der Waals surface area contributed by atoms with E-state index in [4.69, 9.17) is 9.26 Å². The largest absolute Gasteiger partial charge is 0.489 e. The van der Waals surface area contributed by atoms with Gasteiger partial charge in [-0.25, -0.2) is 19.0 Å². The maximum Gasteiger partial charge on any atom is 0.440 e. The van der Waals surface area contributed by atoms with E-state index in [1.807, 2.05) is 42.2 Å².